The molecule has 6 heteroatoms. The summed E-state index contributed by atoms with van der Waals surface area (Å²) in [7, 11) is 1.86. The maximum Gasteiger partial charge on any atom is 0.256 e. The molecule has 3 rings (SSSR count). The van der Waals surface area contributed by atoms with Gasteiger partial charge in [-0.1, -0.05) is 0 Å². The molecule has 2 aliphatic rings. The van der Waals surface area contributed by atoms with E-state index < -0.39 is 5.82 Å². The monoisotopic (exact) mass is 291 g/mol. The largest absolute Gasteiger partial charge is 0.337 e. The number of nitrogens with one attached hydrogen (secondary N) is 2. The van der Waals surface area contributed by atoms with Crippen molar-refractivity contribution in [3.63, 3.8) is 0 Å². The van der Waals surface area contributed by atoms with Gasteiger partial charge in [0.1, 0.15) is 5.82 Å². The normalized spacial score (nSPS) is 21.1. The number of carbonyl (C=O) groups excluding carboxylic acids is 2. The molecule has 2 amide bonds. The van der Waals surface area contributed by atoms with Gasteiger partial charge in [-0.3, -0.25) is 9.59 Å². The lowest BCUT2D eigenvalue weighted by atomic mass is 9.99. The summed E-state index contributed by atoms with van der Waals surface area (Å²) in [4.78, 5) is 25.4. The van der Waals surface area contributed by atoms with Crippen molar-refractivity contribution in [1.82, 2.24) is 10.2 Å². The number of hydrogen-bond acceptors (Lipinski definition) is 3. The zero-order chi connectivity index (χ0) is 15.0. The van der Waals surface area contributed by atoms with Gasteiger partial charge in [0, 0.05) is 31.2 Å². The molecule has 2 aliphatic heterocycles. The minimum atomic E-state index is -0.575. The lowest BCUT2D eigenvalue weighted by molar-refractivity contribution is -0.116. The number of likely N-dealkylation sites (tertiary alicyclic amines) is 1. The molecule has 0 spiro atoms. The molecule has 1 aromatic carbocycles. The second-order valence-electron chi connectivity index (χ2n) is 5.56. The number of anilines is 1. The van der Waals surface area contributed by atoms with Crippen LogP contribution in [-0.4, -0.2) is 42.9 Å². The molecule has 2 heterocycles. The minimum Gasteiger partial charge on any atom is -0.337 e. The van der Waals surface area contributed by atoms with E-state index in [-0.39, 0.29) is 23.4 Å². The quantitative estimate of drug-likeness (QED) is 0.859. The average Bonchev–Trinajstić information content (AvgIpc) is 2.94. The first-order valence-electron chi connectivity index (χ1n) is 7.17. The zero-order valence-corrected chi connectivity index (χ0v) is 11.9. The molecule has 1 fully saturated rings. The fraction of sp³-hybridized carbons (Fsp3) is 0.467. The van der Waals surface area contributed by atoms with Crippen LogP contribution in [-0.2, 0) is 11.2 Å². The molecule has 0 aromatic heterocycles. The van der Waals surface area contributed by atoms with Crippen molar-refractivity contribution in [1.29, 1.82) is 0 Å². The van der Waals surface area contributed by atoms with Gasteiger partial charge < -0.3 is 15.5 Å². The summed E-state index contributed by atoms with van der Waals surface area (Å²) in [6, 6.07) is 3.11. The molecular formula is C15H18FN3O2. The SMILES string of the molecule is CNC1CCN(C(=O)c2cc3c(cc2F)NC(=O)CC3)C1. The summed E-state index contributed by atoms with van der Waals surface area (Å²) in [5, 5.41) is 5.77. The van der Waals surface area contributed by atoms with Gasteiger partial charge in [0.2, 0.25) is 5.91 Å². The standard InChI is InChI=1S/C15H18FN3O2/c1-17-10-4-5-19(8-10)15(21)11-6-9-2-3-14(20)18-13(9)7-12(11)16/h6-7,10,17H,2-5,8H2,1H3,(H,18,20). The van der Waals surface area contributed by atoms with Crippen molar-refractivity contribution < 1.29 is 14.0 Å². The highest BCUT2D eigenvalue weighted by atomic mass is 19.1. The summed E-state index contributed by atoms with van der Waals surface area (Å²) in [6.07, 6.45) is 1.80. The Labute approximate surface area is 122 Å². The maximum absolute atomic E-state index is 14.2. The highest BCUT2D eigenvalue weighted by Crippen LogP contribution is 2.27. The molecule has 1 unspecified atom stereocenters. The molecule has 0 aliphatic carbocycles. The number of amides is 2. The Kier molecular flexibility index (Phi) is 3.63. The molecule has 1 aromatic rings. The second kappa shape index (κ2) is 5.44. The Bertz CT molecular complexity index is 603. The van der Waals surface area contributed by atoms with Gasteiger partial charge in [-0.15, -0.1) is 0 Å². The van der Waals surface area contributed by atoms with Gasteiger partial charge in [0.25, 0.3) is 5.91 Å². The smallest absolute Gasteiger partial charge is 0.256 e. The number of rotatable bonds is 2. The van der Waals surface area contributed by atoms with Crippen LogP contribution in [0, 0.1) is 5.82 Å². The van der Waals surface area contributed by atoms with E-state index in [9.17, 15) is 14.0 Å². The Balaban J connectivity index is 1.85. The molecule has 0 radical (unpaired) electrons. The van der Waals surface area contributed by atoms with Crippen LogP contribution in [0.5, 0.6) is 0 Å². The summed E-state index contributed by atoms with van der Waals surface area (Å²) < 4.78 is 14.2. The number of aryl methyl sites for hydroxylation is 1. The molecule has 1 atom stereocenters. The summed E-state index contributed by atoms with van der Waals surface area (Å²) in [5.74, 6) is -0.962. The van der Waals surface area contributed by atoms with Gasteiger partial charge in [0.15, 0.2) is 0 Å². The predicted octanol–water partition coefficient (Wildman–Crippen LogP) is 1.14. The first-order valence-corrected chi connectivity index (χ1v) is 7.17. The Morgan fingerprint density at radius 1 is 1.43 bits per heavy atom. The van der Waals surface area contributed by atoms with Crippen molar-refractivity contribution in [2.45, 2.75) is 25.3 Å². The highest BCUT2D eigenvalue weighted by Gasteiger charge is 2.28. The first kappa shape index (κ1) is 14.0. The van der Waals surface area contributed by atoms with Crippen molar-refractivity contribution in [3.05, 3.63) is 29.1 Å². The van der Waals surface area contributed by atoms with Crippen LogP contribution >= 0.6 is 0 Å². The number of carbonyl (C=O) groups is 2. The minimum absolute atomic E-state index is 0.0988. The fourth-order valence-electron chi connectivity index (χ4n) is 2.92. The molecular weight excluding hydrogens is 273 g/mol. The number of benzene rings is 1. The third-order valence-electron chi connectivity index (χ3n) is 4.20. The second-order valence-corrected chi connectivity index (χ2v) is 5.56. The van der Waals surface area contributed by atoms with Gasteiger partial charge in [-0.05, 0) is 37.6 Å². The average molecular weight is 291 g/mol. The lowest BCUT2D eigenvalue weighted by Gasteiger charge is -2.21. The van der Waals surface area contributed by atoms with E-state index in [4.69, 9.17) is 0 Å². The zero-order valence-electron chi connectivity index (χ0n) is 11.9. The van der Waals surface area contributed by atoms with Crippen molar-refractivity contribution >= 4 is 17.5 Å². The van der Waals surface area contributed by atoms with Gasteiger partial charge >= 0.3 is 0 Å². The van der Waals surface area contributed by atoms with Crippen molar-refractivity contribution in [2.24, 2.45) is 0 Å². The number of hydrogen-bond donors (Lipinski definition) is 2. The summed E-state index contributed by atoms with van der Waals surface area (Å²) in [6.45, 7) is 1.24. The predicted molar refractivity (Wildman–Crippen MR) is 76.7 cm³/mol. The Morgan fingerprint density at radius 2 is 2.24 bits per heavy atom. The summed E-state index contributed by atoms with van der Waals surface area (Å²) in [5.41, 5.74) is 1.40. The lowest BCUT2D eigenvalue weighted by Crippen LogP contribution is -2.34. The first-order chi connectivity index (χ1) is 10.1. The Morgan fingerprint density at radius 3 is 2.95 bits per heavy atom. The van der Waals surface area contributed by atoms with Crippen LogP contribution in [0.25, 0.3) is 0 Å². The van der Waals surface area contributed by atoms with Crippen LogP contribution in [0.3, 0.4) is 0 Å². The van der Waals surface area contributed by atoms with Crippen LogP contribution < -0.4 is 10.6 Å². The number of halogens is 1. The topological polar surface area (TPSA) is 61.4 Å². The molecule has 112 valence electrons. The third kappa shape index (κ3) is 2.63. The molecule has 0 bridgehead atoms. The number of likely N-dealkylation sites (N-methyl/N-ethyl adjacent to an activating group) is 1. The van der Waals surface area contributed by atoms with E-state index in [1.54, 1.807) is 11.0 Å². The van der Waals surface area contributed by atoms with Crippen LogP contribution in [0.4, 0.5) is 10.1 Å². The Hall–Kier alpha value is -1.95. The molecule has 5 nitrogen and oxygen atoms in total. The highest BCUT2D eigenvalue weighted by molar-refractivity contribution is 5.98. The number of nitrogens with zero attached hydrogens (tertiary/aromatic N) is 1. The molecule has 1 saturated heterocycles. The molecule has 21 heavy (non-hydrogen) atoms. The summed E-state index contributed by atoms with van der Waals surface area (Å²) >= 11 is 0. The van der Waals surface area contributed by atoms with Crippen LogP contribution in [0.15, 0.2) is 12.1 Å². The van der Waals surface area contributed by atoms with Gasteiger partial charge in [-0.2, -0.15) is 0 Å². The van der Waals surface area contributed by atoms with E-state index in [1.165, 1.54) is 6.07 Å². The van der Waals surface area contributed by atoms with E-state index in [0.717, 1.165) is 12.0 Å². The van der Waals surface area contributed by atoms with E-state index in [0.29, 0.717) is 31.6 Å². The maximum atomic E-state index is 14.2. The van der Waals surface area contributed by atoms with Crippen molar-refractivity contribution in [3.8, 4) is 0 Å². The van der Waals surface area contributed by atoms with Gasteiger partial charge in [-0.25, -0.2) is 4.39 Å². The van der Waals surface area contributed by atoms with E-state index >= 15 is 0 Å². The molecule has 2 N–H and O–H groups in total. The number of fused-ring (bicyclic) bond motifs is 1. The fourth-order valence-corrected chi connectivity index (χ4v) is 2.92. The van der Waals surface area contributed by atoms with Crippen LogP contribution in [0.2, 0.25) is 0 Å². The van der Waals surface area contributed by atoms with Gasteiger partial charge in [0.05, 0.1) is 5.56 Å². The van der Waals surface area contributed by atoms with Crippen LogP contribution in [0.1, 0.15) is 28.8 Å². The molecule has 0 saturated carbocycles. The van der Waals surface area contributed by atoms with E-state index in [1.807, 2.05) is 7.05 Å². The van der Waals surface area contributed by atoms with E-state index in [2.05, 4.69) is 10.6 Å². The third-order valence-corrected chi connectivity index (χ3v) is 4.20. The van der Waals surface area contributed by atoms with Crippen molar-refractivity contribution in [2.75, 3.05) is 25.5 Å².